The van der Waals surface area contributed by atoms with Gasteiger partial charge >= 0.3 is 0 Å². The fraction of sp³-hybridized carbons (Fsp3) is 0.769. The van der Waals surface area contributed by atoms with Crippen molar-refractivity contribution in [1.29, 1.82) is 0 Å². The Kier molecular flexibility index (Phi) is 3.44. The quantitative estimate of drug-likeness (QED) is 0.399. The molecule has 8 bridgehead atoms. The first-order valence-corrected chi connectivity index (χ1v) is 13.0. The van der Waals surface area contributed by atoms with Gasteiger partial charge in [-0.15, -0.1) is 0 Å². The molecule has 0 nitrogen and oxygen atoms in total. The van der Waals surface area contributed by atoms with Crippen molar-refractivity contribution >= 4 is 22.6 Å². The zero-order valence-corrected chi connectivity index (χ0v) is 18.7. The van der Waals surface area contributed by atoms with E-state index in [0.29, 0.717) is 10.8 Å². The maximum absolute atomic E-state index is 2.78. The van der Waals surface area contributed by atoms with Gasteiger partial charge in [0.2, 0.25) is 0 Å². The first-order valence-electron chi connectivity index (χ1n) is 11.9. The minimum absolute atomic E-state index is 0.562. The van der Waals surface area contributed by atoms with E-state index >= 15 is 0 Å². The average Bonchev–Trinajstić information content (AvgIpc) is 2.59. The fourth-order valence-electron chi connectivity index (χ4n) is 10.1. The molecule has 8 aliphatic carbocycles. The molecule has 9 rings (SSSR count). The molecule has 0 saturated heterocycles. The lowest BCUT2D eigenvalue weighted by molar-refractivity contribution is -0.00842. The molecule has 8 fully saturated rings. The van der Waals surface area contributed by atoms with Gasteiger partial charge in [-0.1, -0.05) is 6.07 Å². The Morgan fingerprint density at radius 2 is 0.815 bits per heavy atom. The number of hydrogen-bond donors (Lipinski definition) is 0. The monoisotopic (exact) mass is 472 g/mol. The fourth-order valence-corrected chi connectivity index (χ4v) is 10.8. The normalized spacial score (nSPS) is 51.9. The molecule has 1 heteroatoms. The van der Waals surface area contributed by atoms with Gasteiger partial charge in [-0.2, -0.15) is 0 Å². The summed E-state index contributed by atoms with van der Waals surface area (Å²) in [6, 6.07) is 8.00. The van der Waals surface area contributed by atoms with Gasteiger partial charge in [0.1, 0.15) is 0 Å². The van der Waals surface area contributed by atoms with Crippen molar-refractivity contribution in [3.05, 3.63) is 32.9 Å². The van der Waals surface area contributed by atoms with Crippen molar-refractivity contribution in [3.63, 3.8) is 0 Å². The van der Waals surface area contributed by atoms with Crippen molar-refractivity contribution in [2.75, 3.05) is 0 Å². The van der Waals surface area contributed by atoms with Crippen LogP contribution in [0.25, 0.3) is 0 Å². The number of rotatable bonds is 2. The van der Waals surface area contributed by atoms with Crippen LogP contribution in [0.4, 0.5) is 0 Å². The molecule has 0 amide bonds. The van der Waals surface area contributed by atoms with Crippen LogP contribution in [0.15, 0.2) is 18.2 Å². The van der Waals surface area contributed by atoms with E-state index in [4.69, 9.17) is 0 Å². The van der Waals surface area contributed by atoms with Gasteiger partial charge in [0, 0.05) is 3.57 Å². The van der Waals surface area contributed by atoms with Crippen LogP contribution in [0.1, 0.15) is 88.2 Å². The van der Waals surface area contributed by atoms with Crippen LogP contribution in [0.5, 0.6) is 0 Å². The topological polar surface area (TPSA) is 0 Å². The van der Waals surface area contributed by atoms with Crippen molar-refractivity contribution in [2.45, 2.75) is 87.9 Å². The summed E-state index contributed by atoms with van der Waals surface area (Å²) < 4.78 is 1.53. The van der Waals surface area contributed by atoms with Crippen molar-refractivity contribution in [2.24, 2.45) is 35.5 Å². The summed E-state index contributed by atoms with van der Waals surface area (Å²) in [5.41, 5.74) is 4.68. The van der Waals surface area contributed by atoms with E-state index in [1.807, 2.05) is 0 Å². The van der Waals surface area contributed by atoms with E-state index in [9.17, 15) is 0 Å². The number of benzene rings is 1. The minimum atomic E-state index is 0.562. The molecule has 0 atom stereocenters. The van der Waals surface area contributed by atoms with Crippen LogP contribution in [-0.2, 0) is 10.8 Å². The molecule has 0 aliphatic heterocycles. The van der Waals surface area contributed by atoms with E-state index in [1.54, 1.807) is 49.7 Å². The smallest absolute Gasteiger partial charge is 0.0136 e. The molecule has 27 heavy (non-hydrogen) atoms. The summed E-state index contributed by atoms with van der Waals surface area (Å²) >= 11 is 2.65. The Hall–Kier alpha value is -0.0500. The second-order valence-electron chi connectivity index (χ2n) is 12.1. The Bertz CT molecular complexity index is 657. The summed E-state index contributed by atoms with van der Waals surface area (Å²) in [7, 11) is 0. The Balaban J connectivity index is 1.31. The van der Waals surface area contributed by atoms with Gasteiger partial charge < -0.3 is 0 Å². The summed E-state index contributed by atoms with van der Waals surface area (Å²) in [4.78, 5) is 0. The first-order chi connectivity index (χ1) is 13.1. The van der Waals surface area contributed by atoms with Crippen LogP contribution in [0.2, 0.25) is 0 Å². The molecular weight excluding hydrogens is 439 g/mol. The number of halogens is 1. The van der Waals surface area contributed by atoms with E-state index in [2.05, 4.69) is 40.8 Å². The summed E-state index contributed by atoms with van der Waals surface area (Å²) in [6.45, 7) is 0. The Labute approximate surface area is 178 Å². The van der Waals surface area contributed by atoms with E-state index in [1.165, 1.54) is 42.1 Å². The highest BCUT2D eigenvalue weighted by Crippen LogP contribution is 2.63. The highest BCUT2D eigenvalue weighted by Gasteiger charge is 2.54. The molecule has 0 unspecified atom stereocenters. The van der Waals surface area contributed by atoms with Gasteiger partial charge in [-0.25, -0.2) is 0 Å². The van der Waals surface area contributed by atoms with Crippen molar-refractivity contribution in [3.8, 4) is 0 Å². The number of hydrogen-bond acceptors (Lipinski definition) is 0. The summed E-state index contributed by atoms with van der Waals surface area (Å²) in [6.07, 6.45) is 18.4. The molecule has 8 aliphatic rings. The van der Waals surface area contributed by atoms with E-state index in [-0.39, 0.29) is 0 Å². The van der Waals surface area contributed by atoms with Crippen LogP contribution in [0.3, 0.4) is 0 Å². The van der Waals surface area contributed by atoms with Gasteiger partial charge in [-0.3, -0.25) is 0 Å². The van der Waals surface area contributed by atoms with Crippen LogP contribution in [0, 0.1) is 39.1 Å². The Morgan fingerprint density at radius 1 is 0.519 bits per heavy atom. The third kappa shape index (κ3) is 2.45. The molecule has 0 N–H and O–H groups in total. The summed E-state index contributed by atoms with van der Waals surface area (Å²) in [5.74, 6) is 6.32. The maximum atomic E-state index is 2.78. The molecule has 8 saturated carbocycles. The van der Waals surface area contributed by atoms with Gasteiger partial charge in [0.15, 0.2) is 0 Å². The Morgan fingerprint density at radius 3 is 1.11 bits per heavy atom. The third-order valence-electron chi connectivity index (χ3n) is 10.2. The molecule has 1 aromatic rings. The zero-order chi connectivity index (χ0) is 17.8. The lowest BCUT2D eigenvalue weighted by Crippen LogP contribution is -2.50. The molecular formula is C26H33I. The standard InChI is InChI=1S/C26H33I/c27-24-8-22(25-10-16-1-17(11-25)3-18(2-16)12-25)7-23(9-24)26-13-19-4-20(14-26)6-21(5-19)15-26/h7-9,16-21H,1-6,10-15H2. The second kappa shape index (κ2) is 5.55. The molecule has 0 aromatic heterocycles. The van der Waals surface area contributed by atoms with E-state index < -0.39 is 0 Å². The molecule has 1 aromatic carbocycles. The van der Waals surface area contributed by atoms with Crippen LogP contribution in [-0.4, -0.2) is 0 Å². The molecule has 144 valence electrons. The molecule has 0 heterocycles. The van der Waals surface area contributed by atoms with Crippen LogP contribution < -0.4 is 0 Å². The van der Waals surface area contributed by atoms with Crippen LogP contribution >= 0.6 is 22.6 Å². The van der Waals surface area contributed by atoms with Gasteiger partial charge in [-0.05, 0) is 169 Å². The maximum Gasteiger partial charge on any atom is 0.0136 e. The molecule has 0 radical (unpaired) electrons. The third-order valence-corrected chi connectivity index (χ3v) is 10.8. The predicted molar refractivity (Wildman–Crippen MR) is 119 cm³/mol. The predicted octanol–water partition coefficient (Wildman–Crippen LogP) is 7.23. The lowest BCUT2D eigenvalue weighted by atomic mass is 9.46. The highest BCUT2D eigenvalue weighted by atomic mass is 127. The van der Waals surface area contributed by atoms with Gasteiger partial charge in [0.05, 0.1) is 0 Å². The van der Waals surface area contributed by atoms with Crippen molar-refractivity contribution < 1.29 is 0 Å². The lowest BCUT2D eigenvalue weighted by Gasteiger charge is -2.58. The first kappa shape index (κ1) is 16.7. The average molecular weight is 472 g/mol. The van der Waals surface area contributed by atoms with Crippen molar-refractivity contribution in [1.82, 2.24) is 0 Å². The zero-order valence-electron chi connectivity index (χ0n) is 16.6. The second-order valence-corrected chi connectivity index (χ2v) is 13.4. The highest BCUT2D eigenvalue weighted by molar-refractivity contribution is 14.1. The molecule has 0 spiro atoms. The van der Waals surface area contributed by atoms with E-state index in [0.717, 1.165) is 35.5 Å². The minimum Gasteiger partial charge on any atom is -0.0546 e. The SMILES string of the molecule is Ic1cc(C23CC4CC(CC(C4)C2)C3)cc(C23CC4CC(CC(C4)C2)C3)c1. The largest absolute Gasteiger partial charge is 0.0546 e. The summed E-state index contributed by atoms with van der Waals surface area (Å²) in [5, 5.41) is 0. The van der Waals surface area contributed by atoms with Gasteiger partial charge in [0.25, 0.3) is 0 Å².